The molecule has 0 amide bonds. The van der Waals surface area contributed by atoms with Crippen LogP contribution >= 0.6 is 12.2 Å². The molecule has 59 valence electrons. The molecule has 0 aromatic carbocycles. The number of thiocarbonyl (C=S) groups is 1. The first-order valence-corrected chi connectivity index (χ1v) is 3.65. The molecule has 0 aliphatic heterocycles. The smallest absolute Gasteiger partial charge is 0.264 e. The van der Waals surface area contributed by atoms with Crippen LogP contribution in [-0.2, 0) is 10.0 Å². The van der Waals surface area contributed by atoms with Crippen molar-refractivity contribution in [3.63, 3.8) is 0 Å². The third-order valence-corrected chi connectivity index (χ3v) is 1.69. The molecule has 0 saturated carbocycles. The normalized spacial score (nSPS) is 12.7. The minimum absolute atomic E-state index is 0.874. The first kappa shape index (κ1) is 9.63. The van der Waals surface area contributed by atoms with Crippen LogP contribution in [0.1, 0.15) is 0 Å². The molecule has 3 nitrogen and oxygen atoms in total. The van der Waals surface area contributed by atoms with Crippen LogP contribution in [0.4, 0.5) is 13.2 Å². The number of rotatable bonds is 2. The number of hydrogen-bond donors (Lipinski definition) is 1. The second-order valence-electron chi connectivity index (χ2n) is 1.15. The molecular weight excluding hydrogens is 191 g/mol. The molecule has 0 aromatic rings. The summed E-state index contributed by atoms with van der Waals surface area (Å²) >= 11 is 3.73. The molecule has 0 rings (SSSR count). The molecule has 0 aliphatic carbocycles. The maximum Gasteiger partial charge on any atom is 0.516 e. The SMILES string of the molecule is O=S(=O)(N[C]=S)C(F)(F)F. The fourth-order valence-electron chi connectivity index (χ4n) is 0.113. The van der Waals surface area contributed by atoms with Gasteiger partial charge in [-0.05, 0) is 0 Å². The highest BCUT2D eigenvalue weighted by atomic mass is 32.2. The van der Waals surface area contributed by atoms with Gasteiger partial charge in [-0.1, -0.05) is 12.2 Å². The summed E-state index contributed by atoms with van der Waals surface area (Å²) in [5, 5.41) is 0. The van der Waals surface area contributed by atoms with Gasteiger partial charge in [0.2, 0.25) is 0 Å². The summed E-state index contributed by atoms with van der Waals surface area (Å²) in [4.78, 5) is 0. The zero-order valence-corrected chi connectivity index (χ0v) is 5.90. The molecule has 1 N–H and O–H groups in total. The minimum Gasteiger partial charge on any atom is -0.264 e. The van der Waals surface area contributed by atoms with E-state index in [4.69, 9.17) is 0 Å². The van der Waals surface area contributed by atoms with Crippen molar-refractivity contribution < 1.29 is 21.6 Å². The van der Waals surface area contributed by atoms with E-state index in [0.29, 0.717) is 0 Å². The summed E-state index contributed by atoms with van der Waals surface area (Å²) < 4.78 is 54.5. The Morgan fingerprint density at radius 2 is 1.80 bits per heavy atom. The van der Waals surface area contributed by atoms with Crippen molar-refractivity contribution in [2.45, 2.75) is 5.51 Å². The lowest BCUT2D eigenvalue weighted by Gasteiger charge is -2.04. The largest absolute Gasteiger partial charge is 0.516 e. The van der Waals surface area contributed by atoms with Crippen LogP contribution in [0.15, 0.2) is 0 Å². The predicted octanol–water partition coefficient (Wildman–Crippen LogP) is 0.260. The van der Waals surface area contributed by atoms with Gasteiger partial charge in [0.25, 0.3) is 0 Å². The van der Waals surface area contributed by atoms with Crippen molar-refractivity contribution in [2.75, 3.05) is 0 Å². The van der Waals surface area contributed by atoms with Crippen LogP contribution in [-0.4, -0.2) is 19.4 Å². The van der Waals surface area contributed by atoms with E-state index < -0.39 is 15.5 Å². The Balaban J connectivity index is 4.59. The Kier molecular flexibility index (Phi) is 2.60. The number of alkyl halides is 3. The van der Waals surface area contributed by atoms with Crippen LogP contribution in [0.2, 0.25) is 0 Å². The summed E-state index contributed by atoms with van der Waals surface area (Å²) in [7, 11) is -5.31. The van der Waals surface area contributed by atoms with Gasteiger partial charge in [-0.25, -0.2) is 0 Å². The number of halogens is 3. The van der Waals surface area contributed by atoms with Crippen LogP contribution in [0.5, 0.6) is 0 Å². The minimum atomic E-state index is -5.32. The molecule has 0 fully saturated rings. The van der Waals surface area contributed by atoms with E-state index in [0.717, 1.165) is 4.72 Å². The zero-order chi connectivity index (χ0) is 8.41. The lowest BCUT2D eigenvalue weighted by Crippen LogP contribution is -2.34. The highest BCUT2D eigenvalue weighted by molar-refractivity contribution is 7.92. The van der Waals surface area contributed by atoms with Crippen molar-refractivity contribution >= 4 is 27.7 Å². The highest BCUT2D eigenvalue weighted by Crippen LogP contribution is 2.20. The number of hydrogen-bond acceptors (Lipinski definition) is 3. The second kappa shape index (κ2) is 2.70. The Hall–Kier alpha value is -0.370. The summed E-state index contributed by atoms with van der Waals surface area (Å²) in [5.41, 5.74) is -4.08. The van der Waals surface area contributed by atoms with E-state index >= 15 is 0 Å². The zero-order valence-electron chi connectivity index (χ0n) is 4.27. The fraction of sp³-hybridized carbons (Fsp3) is 0.500. The summed E-state index contributed by atoms with van der Waals surface area (Å²) in [5.74, 6) is 0. The van der Waals surface area contributed by atoms with Crippen molar-refractivity contribution in [1.82, 2.24) is 4.72 Å². The lowest BCUT2D eigenvalue weighted by atomic mass is 11.5. The van der Waals surface area contributed by atoms with Crippen LogP contribution in [0.25, 0.3) is 0 Å². The molecule has 8 heteroatoms. The average Bonchev–Trinajstić information content (AvgIpc) is 1.61. The predicted molar refractivity (Wildman–Crippen MR) is 30.7 cm³/mol. The Morgan fingerprint density at radius 3 is 1.90 bits per heavy atom. The van der Waals surface area contributed by atoms with Gasteiger partial charge in [0.1, 0.15) is 5.49 Å². The van der Waals surface area contributed by atoms with Crippen molar-refractivity contribution in [2.24, 2.45) is 0 Å². The molecule has 0 aliphatic rings. The van der Waals surface area contributed by atoms with Gasteiger partial charge >= 0.3 is 15.5 Å². The Morgan fingerprint density at radius 1 is 1.40 bits per heavy atom. The Labute approximate surface area is 60.3 Å². The van der Waals surface area contributed by atoms with Crippen LogP contribution in [0, 0.1) is 0 Å². The standard InChI is InChI=1S/C2HF3NO2S2/c3-2(4,5)10(7,8)6-1-9/h(H,6,9). The third-order valence-electron chi connectivity index (χ3n) is 0.481. The van der Waals surface area contributed by atoms with E-state index in [-0.39, 0.29) is 0 Å². The number of nitrogens with one attached hydrogen (secondary N) is 1. The molecule has 0 bridgehead atoms. The van der Waals surface area contributed by atoms with Gasteiger partial charge in [-0.15, -0.1) is 0 Å². The van der Waals surface area contributed by atoms with Crippen LogP contribution in [0.3, 0.4) is 0 Å². The fourth-order valence-corrected chi connectivity index (χ4v) is 0.667. The van der Waals surface area contributed by atoms with Crippen molar-refractivity contribution in [3.05, 3.63) is 0 Å². The van der Waals surface area contributed by atoms with E-state index in [1.807, 2.05) is 0 Å². The van der Waals surface area contributed by atoms with Gasteiger partial charge in [-0.3, -0.25) is 4.72 Å². The topological polar surface area (TPSA) is 46.2 Å². The first-order valence-electron chi connectivity index (χ1n) is 1.76. The average molecular weight is 192 g/mol. The van der Waals surface area contributed by atoms with E-state index in [1.54, 1.807) is 0 Å². The van der Waals surface area contributed by atoms with Gasteiger partial charge in [-0.2, -0.15) is 21.6 Å². The Bertz CT molecular complexity index is 217. The maximum absolute atomic E-state index is 11.3. The quantitative estimate of drug-likeness (QED) is 0.504. The molecule has 0 atom stereocenters. The van der Waals surface area contributed by atoms with Gasteiger partial charge in [0, 0.05) is 0 Å². The summed E-state index contributed by atoms with van der Waals surface area (Å²) in [6.07, 6.45) is 0. The number of sulfonamides is 1. The molecular formula is C2HF3NO2S2. The molecule has 0 saturated heterocycles. The molecule has 10 heavy (non-hydrogen) atoms. The third kappa shape index (κ3) is 2.10. The van der Waals surface area contributed by atoms with Crippen molar-refractivity contribution in [1.29, 1.82) is 0 Å². The molecule has 0 heterocycles. The monoisotopic (exact) mass is 192 g/mol. The molecule has 0 unspecified atom stereocenters. The summed E-state index contributed by atoms with van der Waals surface area (Å²) in [6, 6.07) is 0. The second-order valence-corrected chi connectivity index (χ2v) is 3.03. The summed E-state index contributed by atoms with van der Waals surface area (Å²) in [6.45, 7) is 0. The highest BCUT2D eigenvalue weighted by Gasteiger charge is 2.45. The van der Waals surface area contributed by atoms with Gasteiger partial charge in [0.15, 0.2) is 0 Å². The molecule has 0 spiro atoms. The van der Waals surface area contributed by atoms with Crippen LogP contribution < -0.4 is 4.72 Å². The lowest BCUT2D eigenvalue weighted by molar-refractivity contribution is -0.0441. The van der Waals surface area contributed by atoms with Gasteiger partial charge < -0.3 is 0 Å². The maximum atomic E-state index is 11.3. The molecule has 0 aromatic heterocycles. The van der Waals surface area contributed by atoms with Gasteiger partial charge in [0.05, 0.1) is 0 Å². The van der Waals surface area contributed by atoms with E-state index in [2.05, 4.69) is 12.2 Å². The molecule has 1 radical (unpaired) electrons. The van der Waals surface area contributed by atoms with Crippen molar-refractivity contribution in [3.8, 4) is 0 Å². The van der Waals surface area contributed by atoms with E-state index in [9.17, 15) is 21.6 Å². The first-order chi connectivity index (χ1) is 4.31. The van der Waals surface area contributed by atoms with E-state index in [1.165, 1.54) is 5.49 Å².